The van der Waals surface area contributed by atoms with Crippen molar-refractivity contribution in [3.63, 3.8) is 0 Å². The molecular formula is C33H49ClN2O3. The molecule has 2 aromatic rings. The molecule has 2 saturated heterocycles. The van der Waals surface area contributed by atoms with Gasteiger partial charge in [-0.3, -0.25) is 4.79 Å². The van der Waals surface area contributed by atoms with Crippen LogP contribution in [-0.4, -0.2) is 68.1 Å². The highest BCUT2D eigenvalue weighted by Gasteiger charge is 2.21. The highest BCUT2D eigenvalue weighted by molar-refractivity contribution is 6.11. The van der Waals surface area contributed by atoms with E-state index in [1.807, 2.05) is 24.3 Å². The molecule has 0 saturated carbocycles. The first-order valence-electron chi connectivity index (χ1n) is 15.2. The zero-order valence-corrected chi connectivity index (χ0v) is 25.0. The normalized spacial score (nSPS) is 16.5. The Bertz CT molecular complexity index is 937. The SMILES string of the molecule is CCCOc1ccc(C(=O)c2ccc(OCCC)cc2CCN2CCCCC2)c(CCN2CCCCC2)c1.Cl. The molecule has 2 heterocycles. The summed E-state index contributed by atoms with van der Waals surface area (Å²) in [5.74, 6) is 1.85. The van der Waals surface area contributed by atoms with Crippen molar-refractivity contribution in [1.29, 1.82) is 0 Å². The van der Waals surface area contributed by atoms with Crippen molar-refractivity contribution in [3.05, 3.63) is 58.7 Å². The molecule has 0 spiro atoms. The Kier molecular flexibility index (Phi) is 13.6. The van der Waals surface area contributed by atoms with E-state index in [0.717, 1.165) is 98.7 Å². The Morgan fingerprint density at radius 1 is 0.667 bits per heavy atom. The Morgan fingerprint density at radius 2 is 1.08 bits per heavy atom. The van der Waals surface area contributed by atoms with Gasteiger partial charge >= 0.3 is 0 Å². The Labute approximate surface area is 242 Å². The number of likely N-dealkylation sites (tertiary alicyclic amines) is 2. The molecule has 0 aliphatic carbocycles. The van der Waals surface area contributed by atoms with Crippen LogP contribution in [0.4, 0.5) is 0 Å². The van der Waals surface area contributed by atoms with Crippen molar-refractivity contribution in [2.24, 2.45) is 0 Å². The van der Waals surface area contributed by atoms with Crippen LogP contribution in [0.3, 0.4) is 0 Å². The predicted octanol–water partition coefficient (Wildman–Crippen LogP) is 6.97. The molecule has 39 heavy (non-hydrogen) atoms. The summed E-state index contributed by atoms with van der Waals surface area (Å²) in [6.45, 7) is 12.3. The van der Waals surface area contributed by atoms with Crippen LogP contribution in [-0.2, 0) is 12.8 Å². The third kappa shape index (κ3) is 9.51. The van der Waals surface area contributed by atoms with Gasteiger partial charge < -0.3 is 19.3 Å². The third-order valence-electron chi connectivity index (χ3n) is 7.88. The Balaban J connectivity index is 0.00000420. The third-order valence-corrected chi connectivity index (χ3v) is 7.88. The van der Waals surface area contributed by atoms with Gasteiger partial charge in [0, 0.05) is 24.2 Å². The van der Waals surface area contributed by atoms with Gasteiger partial charge in [-0.25, -0.2) is 0 Å². The zero-order chi connectivity index (χ0) is 26.6. The zero-order valence-electron chi connectivity index (χ0n) is 24.2. The van der Waals surface area contributed by atoms with Crippen molar-refractivity contribution < 1.29 is 14.3 Å². The highest BCUT2D eigenvalue weighted by Crippen LogP contribution is 2.27. The van der Waals surface area contributed by atoms with Gasteiger partial charge in [0.25, 0.3) is 0 Å². The molecule has 2 aliphatic rings. The fourth-order valence-corrected chi connectivity index (χ4v) is 5.68. The van der Waals surface area contributed by atoms with Crippen LogP contribution in [0.2, 0.25) is 0 Å². The molecule has 0 radical (unpaired) electrons. The maximum absolute atomic E-state index is 14.1. The van der Waals surface area contributed by atoms with Crippen LogP contribution in [0, 0.1) is 0 Å². The minimum Gasteiger partial charge on any atom is -0.494 e. The molecule has 0 aromatic heterocycles. The summed E-state index contributed by atoms with van der Waals surface area (Å²) < 4.78 is 11.9. The monoisotopic (exact) mass is 556 g/mol. The number of carbonyl (C=O) groups excluding carboxylic acids is 1. The lowest BCUT2D eigenvalue weighted by Gasteiger charge is -2.27. The van der Waals surface area contributed by atoms with Gasteiger partial charge in [0.05, 0.1) is 13.2 Å². The topological polar surface area (TPSA) is 42.0 Å². The van der Waals surface area contributed by atoms with Crippen LogP contribution in [0.15, 0.2) is 36.4 Å². The second-order valence-electron chi connectivity index (χ2n) is 11.0. The molecule has 2 aliphatic heterocycles. The number of ether oxygens (including phenoxy) is 2. The predicted molar refractivity (Wildman–Crippen MR) is 163 cm³/mol. The summed E-state index contributed by atoms with van der Waals surface area (Å²) >= 11 is 0. The number of ketones is 1. The molecule has 0 atom stereocenters. The van der Waals surface area contributed by atoms with Gasteiger partial charge in [-0.1, -0.05) is 26.7 Å². The molecule has 0 unspecified atom stereocenters. The number of hydrogen-bond acceptors (Lipinski definition) is 5. The van der Waals surface area contributed by atoms with Gasteiger partial charge in [-0.15, -0.1) is 12.4 Å². The molecule has 2 aromatic carbocycles. The number of piperidine rings is 2. The fraction of sp³-hybridized carbons (Fsp3) is 0.606. The molecule has 0 amide bonds. The van der Waals surface area contributed by atoms with E-state index in [-0.39, 0.29) is 18.2 Å². The summed E-state index contributed by atoms with van der Waals surface area (Å²) in [5, 5.41) is 0. The lowest BCUT2D eigenvalue weighted by molar-refractivity contribution is 0.103. The van der Waals surface area contributed by atoms with Gasteiger partial charge in [-0.2, -0.15) is 0 Å². The highest BCUT2D eigenvalue weighted by atomic mass is 35.5. The van der Waals surface area contributed by atoms with E-state index in [2.05, 4.69) is 35.8 Å². The van der Waals surface area contributed by atoms with E-state index in [4.69, 9.17) is 9.47 Å². The second kappa shape index (κ2) is 16.9. The van der Waals surface area contributed by atoms with E-state index < -0.39 is 0 Å². The smallest absolute Gasteiger partial charge is 0.193 e. The summed E-state index contributed by atoms with van der Waals surface area (Å²) in [6.07, 6.45) is 11.4. The Hall–Kier alpha value is -2.08. The molecule has 6 heteroatoms. The van der Waals surface area contributed by atoms with Crippen LogP contribution < -0.4 is 9.47 Å². The van der Waals surface area contributed by atoms with Crippen LogP contribution >= 0.6 is 12.4 Å². The standard InChI is InChI=1S/C33H48N2O3.ClH/c1-3-23-37-29-11-13-31(27(25-29)15-21-34-17-7-5-8-18-34)33(36)32-14-12-30(38-24-4-2)26-28(32)16-22-35-19-9-6-10-20-35;/h11-14,25-26H,3-10,15-24H2,1-2H3;1H. The number of carbonyl (C=O) groups is 1. The average molecular weight is 557 g/mol. The first-order valence-corrected chi connectivity index (χ1v) is 15.2. The van der Waals surface area contributed by atoms with Crippen molar-refractivity contribution in [1.82, 2.24) is 9.80 Å². The van der Waals surface area contributed by atoms with Crippen molar-refractivity contribution in [2.45, 2.75) is 78.1 Å². The first-order chi connectivity index (χ1) is 18.7. The van der Waals surface area contributed by atoms with Crippen molar-refractivity contribution in [2.75, 3.05) is 52.5 Å². The van der Waals surface area contributed by atoms with E-state index in [1.54, 1.807) is 0 Å². The summed E-state index contributed by atoms with van der Waals surface area (Å²) in [7, 11) is 0. The van der Waals surface area contributed by atoms with Gasteiger partial charge in [-0.05, 0) is 125 Å². The summed E-state index contributed by atoms with van der Waals surface area (Å²) in [5.41, 5.74) is 3.82. The lowest BCUT2D eigenvalue weighted by atomic mass is 9.92. The number of halogens is 1. The molecule has 2 fully saturated rings. The molecular weight excluding hydrogens is 508 g/mol. The van der Waals surface area contributed by atoms with Crippen molar-refractivity contribution >= 4 is 18.2 Å². The molecule has 216 valence electrons. The molecule has 0 N–H and O–H groups in total. The lowest BCUT2D eigenvalue weighted by Crippen LogP contribution is -2.32. The molecule has 0 bridgehead atoms. The van der Waals surface area contributed by atoms with Crippen LogP contribution in [0.5, 0.6) is 11.5 Å². The second-order valence-corrected chi connectivity index (χ2v) is 11.0. The minimum atomic E-state index is 0. The van der Waals surface area contributed by atoms with Crippen LogP contribution in [0.1, 0.15) is 92.3 Å². The number of rotatable bonds is 14. The fourth-order valence-electron chi connectivity index (χ4n) is 5.68. The molecule has 5 nitrogen and oxygen atoms in total. The molecule has 4 rings (SSSR count). The van der Waals surface area contributed by atoms with E-state index in [9.17, 15) is 4.79 Å². The summed E-state index contributed by atoms with van der Waals surface area (Å²) in [4.78, 5) is 19.2. The Morgan fingerprint density at radius 3 is 1.46 bits per heavy atom. The summed E-state index contributed by atoms with van der Waals surface area (Å²) in [6, 6.07) is 12.2. The quantitative estimate of drug-likeness (QED) is 0.235. The maximum atomic E-state index is 14.1. The number of benzene rings is 2. The van der Waals surface area contributed by atoms with Crippen LogP contribution in [0.25, 0.3) is 0 Å². The number of hydrogen-bond donors (Lipinski definition) is 0. The van der Waals surface area contributed by atoms with E-state index in [0.29, 0.717) is 13.2 Å². The minimum absolute atomic E-state index is 0. The average Bonchev–Trinajstić information content (AvgIpc) is 2.97. The van der Waals surface area contributed by atoms with Gasteiger partial charge in [0.15, 0.2) is 5.78 Å². The maximum Gasteiger partial charge on any atom is 0.193 e. The first kappa shape index (κ1) is 31.4. The largest absolute Gasteiger partial charge is 0.494 e. The van der Waals surface area contributed by atoms with E-state index in [1.165, 1.54) is 38.5 Å². The van der Waals surface area contributed by atoms with Gasteiger partial charge in [0.2, 0.25) is 0 Å². The van der Waals surface area contributed by atoms with Crippen molar-refractivity contribution in [3.8, 4) is 11.5 Å². The van der Waals surface area contributed by atoms with Gasteiger partial charge in [0.1, 0.15) is 11.5 Å². The number of nitrogens with zero attached hydrogens (tertiary/aromatic N) is 2. The van der Waals surface area contributed by atoms with E-state index >= 15 is 0 Å².